The molecule has 0 bridgehead atoms. The zero-order valence-corrected chi connectivity index (χ0v) is 33.7. The molecule has 0 saturated heterocycles. The normalized spacial score (nSPS) is 20.2. The third kappa shape index (κ3) is 4.52. The van der Waals surface area contributed by atoms with Crippen LogP contribution in [0, 0.1) is 19.8 Å². The Hall–Kier alpha value is -6.18. The fourth-order valence-electron chi connectivity index (χ4n) is 11.8. The Balaban J connectivity index is 1.27. The van der Waals surface area contributed by atoms with Crippen molar-refractivity contribution in [1.82, 2.24) is 0 Å². The number of fused-ring (bicyclic) bond motifs is 13. The molecule has 4 aliphatic rings. The van der Waals surface area contributed by atoms with Crippen molar-refractivity contribution in [3.63, 3.8) is 0 Å². The van der Waals surface area contributed by atoms with E-state index in [0.29, 0.717) is 5.92 Å². The van der Waals surface area contributed by atoms with E-state index in [-0.39, 0.29) is 11.3 Å². The van der Waals surface area contributed by atoms with E-state index >= 15 is 0 Å². The van der Waals surface area contributed by atoms with Crippen LogP contribution in [0.15, 0.2) is 175 Å². The first-order chi connectivity index (χ1) is 27.7. The van der Waals surface area contributed by atoms with Gasteiger partial charge in [0.15, 0.2) is 0 Å². The second-order valence-electron chi connectivity index (χ2n) is 17.5. The lowest BCUT2D eigenvalue weighted by Gasteiger charge is -2.42. The lowest BCUT2D eigenvalue weighted by molar-refractivity contribution is 0.430. The minimum atomic E-state index is -0.401. The summed E-state index contributed by atoms with van der Waals surface area (Å²) in [4.78, 5) is 2.62. The van der Waals surface area contributed by atoms with Crippen LogP contribution in [-0.4, -0.2) is 0 Å². The maximum Gasteiger partial charge on any atom is 0.0561 e. The number of hydrogen-bond acceptors (Lipinski definition) is 1. The molecule has 3 unspecified atom stereocenters. The van der Waals surface area contributed by atoms with Gasteiger partial charge >= 0.3 is 0 Å². The first-order valence-corrected chi connectivity index (χ1v) is 20.6. The van der Waals surface area contributed by atoms with Gasteiger partial charge in [0.2, 0.25) is 0 Å². The van der Waals surface area contributed by atoms with Crippen LogP contribution in [-0.2, 0) is 10.8 Å². The van der Waals surface area contributed by atoms with E-state index in [1.165, 1.54) is 106 Å². The van der Waals surface area contributed by atoms with E-state index in [2.05, 4.69) is 210 Å². The number of anilines is 3. The molecule has 0 radical (unpaired) electrons. The van der Waals surface area contributed by atoms with Gasteiger partial charge in [-0.25, -0.2) is 0 Å². The Morgan fingerprint density at radius 3 is 1.88 bits per heavy atom. The summed E-state index contributed by atoms with van der Waals surface area (Å²) in [7, 11) is 0. The highest BCUT2D eigenvalue weighted by Gasteiger charge is 2.61. The number of allylic oxidation sites excluding steroid dienone is 4. The summed E-state index contributed by atoms with van der Waals surface area (Å²) >= 11 is 0. The van der Waals surface area contributed by atoms with E-state index in [1.54, 1.807) is 0 Å². The third-order valence-corrected chi connectivity index (χ3v) is 14.0. The van der Waals surface area contributed by atoms with Crippen molar-refractivity contribution in [3.05, 3.63) is 219 Å². The standard InChI is InChI=1S/C56H47N/c1-34-31-37(4)51-48(32-34)56(53-36(3)28-27-35(2)52(51)53)46-24-14-11-21-42(46)44-22-16-26-50(54(44)56)57(49-25-15-12-19-40(49)38-17-8-7-9-18-38)39-29-30-43-41-20-10-13-23-45(41)55(5,6)47(43)33-39/h7-33,52-53H,1-6H3. The minimum Gasteiger partial charge on any atom is -0.310 e. The highest BCUT2D eigenvalue weighted by atomic mass is 15.2. The molecule has 11 rings (SSSR count). The highest BCUT2D eigenvalue weighted by molar-refractivity contribution is 5.97. The van der Waals surface area contributed by atoms with Gasteiger partial charge in [0.25, 0.3) is 0 Å². The number of aryl methyl sites for hydroxylation is 2. The Bertz CT molecular complexity index is 2880. The molecular formula is C56H47N. The summed E-state index contributed by atoms with van der Waals surface area (Å²) in [6, 6.07) is 57.6. The van der Waals surface area contributed by atoms with Crippen LogP contribution in [0.5, 0.6) is 0 Å². The maximum atomic E-state index is 2.62. The van der Waals surface area contributed by atoms with Gasteiger partial charge in [0.05, 0.1) is 16.8 Å². The van der Waals surface area contributed by atoms with Gasteiger partial charge in [-0.1, -0.05) is 170 Å². The van der Waals surface area contributed by atoms with Crippen LogP contribution in [0.25, 0.3) is 33.4 Å². The Morgan fingerprint density at radius 2 is 1.09 bits per heavy atom. The van der Waals surface area contributed by atoms with Crippen molar-refractivity contribution >= 4 is 17.1 Å². The van der Waals surface area contributed by atoms with E-state index < -0.39 is 5.41 Å². The van der Waals surface area contributed by atoms with E-state index in [1.807, 2.05) is 0 Å². The first-order valence-electron chi connectivity index (χ1n) is 20.6. The molecular weight excluding hydrogens is 687 g/mol. The summed E-state index contributed by atoms with van der Waals surface area (Å²) in [5.74, 6) is 0.531. The predicted octanol–water partition coefficient (Wildman–Crippen LogP) is 14.7. The minimum absolute atomic E-state index is 0.136. The molecule has 0 heterocycles. The fourth-order valence-corrected chi connectivity index (χ4v) is 11.8. The largest absolute Gasteiger partial charge is 0.310 e. The van der Waals surface area contributed by atoms with E-state index in [4.69, 9.17) is 0 Å². The second kappa shape index (κ2) is 12.2. The van der Waals surface area contributed by atoms with Crippen molar-refractivity contribution in [2.24, 2.45) is 5.92 Å². The average Bonchev–Trinajstić information content (AvgIpc) is 3.80. The van der Waals surface area contributed by atoms with Gasteiger partial charge < -0.3 is 4.90 Å². The van der Waals surface area contributed by atoms with Gasteiger partial charge in [0.1, 0.15) is 0 Å². The summed E-state index contributed by atoms with van der Waals surface area (Å²) in [5, 5.41) is 0. The van der Waals surface area contributed by atoms with Crippen molar-refractivity contribution in [3.8, 4) is 33.4 Å². The molecule has 0 fully saturated rings. The summed E-state index contributed by atoms with van der Waals surface area (Å²) in [6.45, 7) is 14.2. The van der Waals surface area contributed by atoms with Crippen molar-refractivity contribution < 1.29 is 0 Å². The van der Waals surface area contributed by atoms with Crippen LogP contribution < -0.4 is 4.90 Å². The molecule has 1 spiro atoms. The molecule has 1 heteroatoms. The quantitative estimate of drug-likeness (QED) is 0.174. The van der Waals surface area contributed by atoms with E-state index in [0.717, 1.165) is 0 Å². The average molecular weight is 734 g/mol. The number of nitrogens with zero attached hydrogens (tertiary/aromatic N) is 1. The Labute approximate surface area is 337 Å². The topological polar surface area (TPSA) is 3.24 Å². The highest BCUT2D eigenvalue weighted by Crippen LogP contribution is 2.70. The molecule has 276 valence electrons. The van der Waals surface area contributed by atoms with Crippen molar-refractivity contribution in [2.75, 3.05) is 4.90 Å². The molecule has 7 aromatic rings. The molecule has 57 heavy (non-hydrogen) atoms. The summed E-state index contributed by atoms with van der Waals surface area (Å²) in [5.41, 5.74) is 25.1. The van der Waals surface area contributed by atoms with Gasteiger partial charge in [-0.15, -0.1) is 0 Å². The third-order valence-electron chi connectivity index (χ3n) is 14.0. The molecule has 0 N–H and O–H groups in total. The molecule has 7 aromatic carbocycles. The lowest BCUT2D eigenvalue weighted by atomic mass is 9.61. The SMILES string of the molecule is CC1=CC=C(C)C2C1c1c(C)cc(C)cc1C21c2ccccc2-c2cccc(N(c3ccc4c(c3)C(C)(C)c3ccccc3-4)c3ccccc3-c3ccccc3)c21. The molecule has 0 aromatic heterocycles. The zero-order chi connectivity index (χ0) is 38.8. The predicted molar refractivity (Wildman–Crippen MR) is 239 cm³/mol. The summed E-state index contributed by atoms with van der Waals surface area (Å²) in [6.07, 6.45) is 4.80. The maximum absolute atomic E-state index is 2.62. The number of para-hydroxylation sites is 1. The van der Waals surface area contributed by atoms with Crippen LogP contribution in [0.4, 0.5) is 17.1 Å². The molecule has 0 amide bonds. The molecule has 4 aliphatic carbocycles. The fraction of sp³-hybridized carbons (Fsp3) is 0.179. The van der Waals surface area contributed by atoms with Crippen LogP contribution in [0.1, 0.15) is 78.1 Å². The molecule has 0 aliphatic heterocycles. The van der Waals surface area contributed by atoms with Gasteiger partial charge in [-0.05, 0) is 119 Å². The van der Waals surface area contributed by atoms with Gasteiger partial charge in [-0.2, -0.15) is 0 Å². The van der Waals surface area contributed by atoms with E-state index in [9.17, 15) is 0 Å². The Kier molecular flexibility index (Phi) is 7.27. The van der Waals surface area contributed by atoms with Gasteiger partial charge in [0, 0.05) is 28.5 Å². The molecule has 3 atom stereocenters. The molecule has 1 nitrogen and oxygen atoms in total. The Morgan fingerprint density at radius 1 is 0.474 bits per heavy atom. The van der Waals surface area contributed by atoms with Crippen molar-refractivity contribution in [2.45, 2.75) is 58.3 Å². The van der Waals surface area contributed by atoms with Crippen molar-refractivity contribution in [1.29, 1.82) is 0 Å². The number of rotatable bonds is 4. The smallest absolute Gasteiger partial charge is 0.0561 e. The monoisotopic (exact) mass is 733 g/mol. The van der Waals surface area contributed by atoms with Crippen LogP contribution in [0.2, 0.25) is 0 Å². The first kappa shape index (κ1) is 34.1. The van der Waals surface area contributed by atoms with Gasteiger partial charge in [-0.3, -0.25) is 0 Å². The lowest BCUT2D eigenvalue weighted by Crippen LogP contribution is -2.36. The van der Waals surface area contributed by atoms with Crippen LogP contribution in [0.3, 0.4) is 0 Å². The number of hydrogen-bond donors (Lipinski definition) is 0. The molecule has 0 saturated carbocycles. The number of benzene rings is 7. The second-order valence-corrected chi connectivity index (χ2v) is 17.5. The van der Waals surface area contributed by atoms with Crippen LogP contribution >= 0.6 is 0 Å². The zero-order valence-electron chi connectivity index (χ0n) is 33.7. The summed E-state index contributed by atoms with van der Waals surface area (Å²) < 4.78 is 0.